The molecule has 0 saturated heterocycles. The Balaban J connectivity index is 0.000000496. The topological polar surface area (TPSA) is 237 Å². The highest BCUT2D eigenvalue weighted by atomic mass is 19.4. The van der Waals surface area contributed by atoms with Crippen molar-refractivity contribution in [3.63, 3.8) is 0 Å². The van der Waals surface area contributed by atoms with Crippen molar-refractivity contribution in [3.8, 4) is 22.5 Å². The Labute approximate surface area is 425 Å². The molecule has 8 aromatic rings. The summed E-state index contributed by atoms with van der Waals surface area (Å²) in [7, 11) is 0. The van der Waals surface area contributed by atoms with Crippen LogP contribution in [0.25, 0.3) is 44.7 Å². The smallest absolute Gasteiger partial charge is 0.475 e. The summed E-state index contributed by atoms with van der Waals surface area (Å²) in [6.07, 6.45) is 3.14. The first kappa shape index (κ1) is 53.8. The number of carboxylic acid groups (broad SMARTS) is 3. The fourth-order valence-corrected chi connectivity index (χ4v) is 8.13. The maximum Gasteiger partial charge on any atom is 0.490 e. The lowest BCUT2D eigenvalue weighted by atomic mass is 9.91. The Morgan fingerprint density at radius 2 is 1.16 bits per heavy atom. The lowest BCUT2D eigenvalue weighted by molar-refractivity contribution is -0.193. The van der Waals surface area contributed by atoms with Gasteiger partial charge in [0.25, 0.3) is 0 Å². The predicted molar refractivity (Wildman–Crippen MR) is 255 cm³/mol. The normalized spacial score (nSPS) is 14.6. The molecule has 1 unspecified atom stereocenters. The van der Waals surface area contributed by atoms with Crippen LogP contribution < -0.4 is 16.0 Å². The van der Waals surface area contributed by atoms with Gasteiger partial charge < -0.3 is 31.3 Å². The van der Waals surface area contributed by atoms with Crippen molar-refractivity contribution >= 4 is 63.5 Å². The summed E-state index contributed by atoms with van der Waals surface area (Å²) in [6, 6.07) is 14.4. The molecule has 0 saturated carbocycles. The van der Waals surface area contributed by atoms with Crippen molar-refractivity contribution in [2.45, 2.75) is 31.2 Å². The molecule has 0 spiro atoms. The molecule has 2 aromatic carbocycles. The Morgan fingerprint density at radius 1 is 0.636 bits per heavy atom. The molecule has 28 heteroatoms. The zero-order valence-corrected chi connectivity index (χ0v) is 39.0. The minimum absolute atomic E-state index is 0.0408. The van der Waals surface area contributed by atoms with E-state index in [0.29, 0.717) is 45.7 Å². The van der Waals surface area contributed by atoms with Gasteiger partial charge in [-0.05, 0) is 85.1 Å². The third-order valence-electron chi connectivity index (χ3n) is 11.6. The van der Waals surface area contributed by atoms with Crippen molar-refractivity contribution in [1.82, 2.24) is 49.4 Å². The summed E-state index contributed by atoms with van der Waals surface area (Å²) in [4.78, 5) is 49.8. The first-order valence-corrected chi connectivity index (χ1v) is 22.4. The molecule has 1 atom stereocenters. The highest BCUT2D eigenvalue weighted by Crippen LogP contribution is 2.40. The number of amides is 1. The molecule has 2 aliphatic heterocycles. The SMILES string of the molecule is O=C(O)C(F)(F)F.O=C(O)C(F)(F)F.O=C(O)N1CCC(c2ccncc2Nc2ncc3ccc(-c4c(F)cccc4F)nn23)=CC1c1cc(-c2c(F)cccc2F)nn2c(Nc3cnccc3C3=CCNCC3)ncc12. The number of benzene rings is 2. The van der Waals surface area contributed by atoms with Crippen molar-refractivity contribution in [2.75, 3.05) is 30.3 Å². The largest absolute Gasteiger partial charge is 0.490 e. The quantitative estimate of drug-likeness (QED) is 0.0738. The lowest BCUT2D eigenvalue weighted by Crippen LogP contribution is -2.36. The van der Waals surface area contributed by atoms with Crippen LogP contribution in [0, 0.1) is 23.3 Å². The van der Waals surface area contributed by atoms with Gasteiger partial charge in [0.05, 0.1) is 75.8 Å². The number of hydrogen-bond acceptors (Lipinski definition) is 12. The van der Waals surface area contributed by atoms with Crippen molar-refractivity contribution in [2.24, 2.45) is 0 Å². The molecule has 2 aliphatic rings. The van der Waals surface area contributed by atoms with Gasteiger partial charge in [0, 0.05) is 42.2 Å². The number of aliphatic carboxylic acids is 2. The number of anilines is 4. The number of fused-ring (bicyclic) bond motifs is 2. The molecular weight excluding hydrogens is 1040 g/mol. The van der Waals surface area contributed by atoms with Gasteiger partial charge in [-0.25, -0.2) is 41.9 Å². The fourth-order valence-electron chi connectivity index (χ4n) is 8.13. The zero-order chi connectivity index (χ0) is 55.3. The molecule has 0 aliphatic carbocycles. The Bertz CT molecular complexity index is 3560. The van der Waals surface area contributed by atoms with E-state index < -0.39 is 65.3 Å². The minimum Gasteiger partial charge on any atom is -0.475 e. The monoisotopic (exact) mass is 1080 g/mol. The Morgan fingerprint density at radius 3 is 1.69 bits per heavy atom. The van der Waals surface area contributed by atoms with Crippen LogP contribution in [0.15, 0.2) is 116 Å². The molecule has 6 aromatic heterocycles. The molecule has 8 heterocycles. The third kappa shape index (κ3) is 11.9. The highest BCUT2D eigenvalue weighted by Gasteiger charge is 2.39. The molecule has 1 amide bonds. The number of nitrogens with one attached hydrogen (secondary N) is 3. The summed E-state index contributed by atoms with van der Waals surface area (Å²) in [5, 5.41) is 44.0. The summed E-state index contributed by atoms with van der Waals surface area (Å²) in [5.41, 5.74) is 5.02. The molecule has 77 heavy (non-hydrogen) atoms. The molecule has 6 N–H and O–H groups in total. The number of carboxylic acids is 2. The number of nitrogens with zero attached hydrogens (tertiary/aromatic N) is 9. The summed E-state index contributed by atoms with van der Waals surface area (Å²) >= 11 is 0. The van der Waals surface area contributed by atoms with Crippen LogP contribution >= 0.6 is 0 Å². The van der Waals surface area contributed by atoms with Gasteiger partial charge in [-0.1, -0.05) is 24.3 Å². The standard InChI is InChI=1S/C45H34F4N12O2.2C2HF3O2/c46-31-3-1-4-32(47)41(31)35-8-7-27-21-53-43(60(27)57-35)55-38-23-52-17-12-29(38)26-13-18-59(45(62)63)39(19-26)30-20-36(42-33(48)5-2-6-34(42)49)58-61-40(30)24-54-44(61)56-37-22-51-16-11-28(37)25-9-14-50-15-10-25;2*3-2(4,5)1(6)7/h1-9,11-12,16-17,19-24,39,50H,10,13-15,18H2,(H,53,55)(H,54,56)(H,62,63);2*(H,6,7). The second-order valence-electron chi connectivity index (χ2n) is 16.4. The van der Waals surface area contributed by atoms with Crippen molar-refractivity contribution < 1.29 is 73.6 Å². The number of imidazole rings is 2. The van der Waals surface area contributed by atoms with Crippen molar-refractivity contribution in [3.05, 3.63) is 156 Å². The van der Waals surface area contributed by atoms with E-state index in [9.17, 15) is 45.0 Å². The second-order valence-corrected chi connectivity index (χ2v) is 16.4. The van der Waals surface area contributed by atoms with Crippen molar-refractivity contribution in [1.29, 1.82) is 0 Å². The average molecular weight is 1080 g/mol. The van der Waals surface area contributed by atoms with Gasteiger partial charge >= 0.3 is 30.4 Å². The first-order valence-electron chi connectivity index (χ1n) is 22.4. The van der Waals surface area contributed by atoms with Crippen LogP contribution in [0.3, 0.4) is 0 Å². The van der Waals surface area contributed by atoms with Gasteiger partial charge in [-0.2, -0.15) is 45.6 Å². The first-order chi connectivity index (χ1) is 36.6. The Hall–Kier alpha value is -9.47. The summed E-state index contributed by atoms with van der Waals surface area (Å²) < 4.78 is 127. The van der Waals surface area contributed by atoms with Gasteiger partial charge in [0.1, 0.15) is 23.3 Å². The number of alkyl halides is 6. The number of rotatable bonds is 9. The van der Waals surface area contributed by atoms with E-state index >= 15 is 8.78 Å². The van der Waals surface area contributed by atoms with E-state index in [-0.39, 0.29) is 41.8 Å². The molecule has 18 nitrogen and oxygen atoms in total. The van der Waals surface area contributed by atoms with Gasteiger partial charge in [0.15, 0.2) is 0 Å². The van der Waals surface area contributed by atoms with Crippen LogP contribution in [-0.2, 0) is 9.59 Å². The molecule has 10 rings (SSSR count). The van der Waals surface area contributed by atoms with Crippen LogP contribution in [0.1, 0.15) is 35.6 Å². The van der Waals surface area contributed by atoms with Crippen LogP contribution in [0.2, 0.25) is 0 Å². The van der Waals surface area contributed by atoms with Crippen LogP contribution in [-0.4, -0.2) is 109 Å². The van der Waals surface area contributed by atoms with E-state index in [1.165, 1.54) is 44.4 Å². The summed E-state index contributed by atoms with van der Waals surface area (Å²) in [5.74, 6) is -8.34. The van der Waals surface area contributed by atoms with E-state index in [0.717, 1.165) is 48.4 Å². The van der Waals surface area contributed by atoms with E-state index in [2.05, 4.69) is 52.2 Å². The van der Waals surface area contributed by atoms with E-state index in [1.54, 1.807) is 49.2 Å². The van der Waals surface area contributed by atoms with Crippen LogP contribution in [0.4, 0.5) is 72.0 Å². The third-order valence-corrected chi connectivity index (χ3v) is 11.6. The lowest BCUT2D eigenvalue weighted by Gasteiger charge is -2.33. The zero-order valence-electron chi connectivity index (χ0n) is 39.0. The average Bonchev–Trinajstić information content (AvgIpc) is 4.05. The van der Waals surface area contributed by atoms with E-state index in [1.807, 2.05) is 6.07 Å². The van der Waals surface area contributed by atoms with Gasteiger partial charge in [-0.3, -0.25) is 14.9 Å². The molecular formula is C49H36F10N12O6. The fraction of sp³-hybridized carbons (Fsp3) is 0.163. The maximum atomic E-state index is 15.6. The summed E-state index contributed by atoms with van der Waals surface area (Å²) in [6.45, 7) is 1.55. The predicted octanol–water partition coefficient (Wildman–Crippen LogP) is 10.1. The van der Waals surface area contributed by atoms with E-state index in [4.69, 9.17) is 19.8 Å². The number of hydrogen-bond donors (Lipinski definition) is 6. The highest BCUT2D eigenvalue weighted by molar-refractivity contribution is 5.83. The second kappa shape index (κ2) is 22.2. The Kier molecular flexibility index (Phi) is 15.5. The maximum absolute atomic E-state index is 15.6. The molecule has 398 valence electrons. The number of aromatic nitrogens is 8. The number of halogens is 10. The molecule has 0 radical (unpaired) electrons. The minimum atomic E-state index is -5.08. The number of carbonyl (C=O) groups is 3. The molecule has 0 bridgehead atoms. The van der Waals surface area contributed by atoms with Gasteiger partial charge in [-0.15, -0.1) is 0 Å². The molecule has 0 fully saturated rings. The van der Waals surface area contributed by atoms with Crippen LogP contribution in [0.5, 0.6) is 0 Å². The van der Waals surface area contributed by atoms with Gasteiger partial charge in [0.2, 0.25) is 11.9 Å². The number of pyridine rings is 2.